The van der Waals surface area contributed by atoms with Crippen LogP contribution in [0.4, 0.5) is 26.3 Å². The molecule has 0 spiro atoms. The Labute approximate surface area is 223 Å². The number of halogens is 6. The molecule has 0 bridgehead atoms. The summed E-state index contributed by atoms with van der Waals surface area (Å²) in [7, 11) is 0. The number of alkyl halides is 4. The van der Waals surface area contributed by atoms with Crippen LogP contribution in [0.2, 0.25) is 0 Å². The van der Waals surface area contributed by atoms with Crippen LogP contribution in [0.25, 0.3) is 6.08 Å². The molecule has 1 aromatic rings. The second-order valence-electron chi connectivity index (χ2n) is 11.6. The molecule has 210 valence electrons. The summed E-state index contributed by atoms with van der Waals surface area (Å²) >= 11 is 0. The van der Waals surface area contributed by atoms with Crippen molar-refractivity contribution in [2.45, 2.75) is 109 Å². The maximum absolute atomic E-state index is 15.1. The fourth-order valence-corrected chi connectivity index (χ4v) is 6.91. The Balaban J connectivity index is 1.41. The van der Waals surface area contributed by atoms with Gasteiger partial charge in [-0.3, -0.25) is 0 Å². The van der Waals surface area contributed by atoms with Crippen LogP contribution in [0.15, 0.2) is 41.5 Å². The van der Waals surface area contributed by atoms with Crippen molar-refractivity contribution in [3.8, 4) is 0 Å². The molecule has 0 heterocycles. The van der Waals surface area contributed by atoms with E-state index in [4.69, 9.17) is 0 Å². The van der Waals surface area contributed by atoms with Crippen LogP contribution < -0.4 is 0 Å². The summed E-state index contributed by atoms with van der Waals surface area (Å²) in [5, 5.41) is 0. The van der Waals surface area contributed by atoms with E-state index in [0.717, 1.165) is 61.8 Å². The minimum absolute atomic E-state index is 0.0681. The number of hydrogen-bond donors (Lipinski definition) is 0. The summed E-state index contributed by atoms with van der Waals surface area (Å²) in [5.74, 6) is -8.64. The first-order valence-electron chi connectivity index (χ1n) is 14.4. The predicted octanol–water partition coefficient (Wildman–Crippen LogP) is 10.8. The number of allylic oxidation sites excluding steroid dienone is 5. The average Bonchev–Trinajstić information content (AvgIpc) is 2.90. The van der Waals surface area contributed by atoms with Gasteiger partial charge < -0.3 is 0 Å². The molecule has 4 rings (SSSR count). The van der Waals surface area contributed by atoms with Gasteiger partial charge in [0.15, 0.2) is 11.6 Å². The van der Waals surface area contributed by atoms with Crippen molar-refractivity contribution >= 4 is 6.08 Å². The van der Waals surface area contributed by atoms with E-state index >= 15 is 4.39 Å². The first-order chi connectivity index (χ1) is 18.1. The van der Waals surface area contributed by atoms with Gasteiger partial charge in [0.05, 0.1) is 0 Å². The highest BCUT2D eigenvalue weighted by Gasteiger charge is 2.60. The zero-order chi connectivity index (χ0) is 27.5. The van der Waals surface area contributed by atoms with Crippen LogP contribution in [0.3, 0.4) is 0 Å². The first-order valence-corrected chi connectivity index (χ1v) is 14.4. The van der Waals surface area contributed by atoms with Crippen LogP contribution in [0, 0.1) is 29.4 Å². The highest BCUT2D eigenvalue weighted by molar-refractivity contribution is 5.57. The van der Waals surface area contributed by atoms with E-state index in [0.29, 0.717) is 17.9 Å². The van der Waals surface area contributed by atoms with Crippen molar-refractivity contribution < 1.29 is 26.3 Å². The summed E-state index contributed by atoms with van der Waals surface area (Å²) < 4.78 is 87.9. The Morgan fingerprint density at radius 1 is 0.737 bits per heavy atom. The predicted molar refractivity (Wildman–Crippen MR) is 141 cm³/mol. The molecule has 0 aliphatic heterocycles. The third-order valence-corrected chi connectivity index (χ3v) is 9.19. The van der Waals surface area contributed by atoms with E-state index in [-0.39, 0.29) is 17.9 Å². The number of hydrogen-bond acceptors (Lipinski definition) is 0. The second-order valence-corrected chi connectivity index (χ2v) is 11.6. The van der Waals surface area contributed by atoms with Crippen molar-refractivity contribution in [3.05, 3.63) is 64.3 Å². The lowest BCUT2D eigenvalue weighted by atomic mass is 9.68. The molecule has 3 aliphatic carbocycles. The molecule has 2 fully saturated rings. The van der Waals surface area contributed by atoms with E-state index in [1.54, 1.807) is 6.92 Å². The SMILES string of the molecule is CCCC1=CC=C(/C=C/c2ccc(C3CCC(C4CCC(CCC)CC4)CC3)c(F)c2F)C(F)(F)C1(F)F. The highest BCUT2D eigenvalue weighted by atomic mass is 19.3. The van der Waals surface area contributed by atoms with Gasteiger partial charge in [-0.05, 0) is 74.2 Å². The standard InChI is InChI=1S/C32H40F6/c1-3-5-21-7-9-22(10-8-21)23-11-13-24(14-12-23)28-20-16-25(29(33)30(28)34)15-17-27-19-18-26(6-4-2)31(35,36)32(27,37)38/h15-24H,3-14H2,1-2H3/b17-15+. The molecule has 0 amide bonds. The fraction of sp³-hybridized carbons (Fsp3) is 0.625. The minimum atomic E-state index is -4.43. The lowest BCUT2D eigenvalue weighted by molar-refractivity contribution is -0.162. The summed E-state index contributed by atoms with van der Waals surface area (Å²) in [5.41, 5.74) is -1.45. The smallest absolute Gasteiger partial charge is 0.203 e. The van der Waals surface area contributed by atoms with Gasteiger partial charge in [0.25, 0.3) is 0 Å². The van der Waals surface area contributed by atoms with Crippen molar-refractivity contribution in [2.75, 3.05) is 0 Å². The third kappa shape index (κ3) is 5.79. The van der Waals surface area contributed by atoms with Crippen molar-refractivity contribution in [1.29, 1.82) is 0 Å². The van der Waals surface area contributed by atoms with Gasteiger partial charge in [-0.15, -0.1) is 0 Å². The van der Waals surface area contributed by atoms with Crippen LogP contribution in [0.1, 0.15) is 108 Å². The molecule has 0 N–H and O–H groups in total. The van der Waals surface area contributed by atoms with Crippen molar-refractivity contribution in [2.24, 2.45) is 17.8 Å². The first kappa shape index (κ1) is 29.0. The molecule has 6 heteroatoms. The summed E-state index contributed by atoms with van der Waals surface area (Å²) in [6.07, 6.45) is 15.2. The van der Waals surface area contributed by atoms with E-state index in [1.807, 2.05) is 0 Å². The molecule has 0 aromatic heterocycles. The minimum Gasteiger partial charge on any atom is -0.203 e. The fourth-order valence-electron chi connectivity index (χ4n) is 6.91. The Morgan fingerprint density at radius 2 is 1.37 bits per heavy atom. The van der Waals surface area contributed by atoms with Gasteiger partial charge in [-0.1, -0.05) is 82.4 Å². The topological polar surface area (TPSA) is 0 Å². The Morgan fingerprint density at radius 3 is 1.97 bits per heavy atom. The Hall–Kier alpha value is -1.98. The maximum Gasteiger partial charge on any atom is 0.339 e. The lowest BCUT2D eigenvalue weighted by Crippen LogP contribution is -2.44. The highest BCUT2D eigenvalue weighted by Crippen LogP contribution is 2.49. The quantitative estimate of drug-likeness (QED) is 0.289. The van der Waals surface area contributed by atoms with Crippen LogP contribution in [-0.4, -0.2) is 11.8 Å². The monoisotopic (exact) mass is 538 g/mol. The Kier molecular flexibility index (Phi) is 9.19. The molecular formula is C32H40F6. The van der Waals surface area contributed by atoms with Gasteiger partial charge in [-0.2, -0.15) is 17.6 Å². The van der Waals surface area contributed by atoms with Crippen molar-refractivity contribution in [1.82, 2.24) is 0 Å². The molecule has 2 saturated carbocycles. The van der Waals surface area contributed by atoms with Crippen LogP contribution in [-0.2, 0) is 0 Å². The molecular weight excluding hydrogens is 498 g/mol. The molecule has 0 atom stereocenters. The molecule has 38 heavy (non-hydrogen) atoms. The Bertz CT molecular complexity index is 1050. The van der Waals surface area contributed by atoms with E-state index in [1.165, 1.54) is 50.7 Å². The molecule has 0 unspecified atom stereocenters. The van der Waals surface area contributed by atoms with Gasteiger partial charge >= 0.3 is 11.8 Å². The van der Waals surface area contributed by atoms with Gasteiger partial charge in [-0.25, -0.2) is 8.78 Å². The molecule has 3 aliphatic rings. The lowest BCUT2D eigenvalue weighted by Gasteiger charge is -2.38. The zero-order valence-corrected chi connectivity index (χ0v) is 22.5. The number of rotatable bonds is 8. The maximum atomic E-state index is 15.1. The summed E-state index contributed by atoms with van der Waals surface area (Å²) in [4.78, 5) is 0. The third-order valence-electron chi connectivity index (χ3n) is 9.19. The van der Waals surface area contributed by atoms with E-state index in [2.05, 4.69) is 6.92 Å². The molecule has 0 radical (unpaired) electrons. The van der Waals surface area contributed by atoms with Crippen molar-refractivity contribution in [3.63, 3.8) is 0 Å². The average molecular weight is 539 g/mol. The zero-order valence-electron chi connectivity index (χ0n) is 22.5. The van der Waals surface area contributed by atoms with Crippen LogP contribution >= 0.6 is 0 Å². The van der Waals surface area contributed by atoms with Gasteiger partial charge in [0, 0.05) is 16.7 Å². The normalized spacial score (nSPS) is 29.3. The molecule has 1 aromatic carbocycles. The van der Waals surface area contributed by atoms with Gasteiger partial charge in [0.1, 0.15) is 0 Å². The molecule has 0 nitrogen and oxygen atoms in total. The summed E-state index contributed by atoms with van der Waals surface area (Å²) in [6.45, 7) is 3.88. The van der Waals surface area contributed by atoms with Crippen LogP contribution in [0.5, 0.6) is 0 Å². The number of benzene rings is 1. The van der Waals surface area contributed by atoms with Gasteiger partial charge in [0.2, 0.25) is 0 Å². The summed E-state index contributed by atoms with van der Waals surface area (Å²) in [6, 6.07) is 2.89. The molecule has 0 saturated heterocycles. The van der Waals surface area contributed by atoms with E-state index < -0.39 is 34.6 Å². The largest absolute Gasteiger partial charge is 0.339 e. The second kappa shape index (κ2) is 12.0. The van der Waals surface area contributed by atoms with E-state index in [9.17, 15) is 22.0 Å².